The summed E-state index contributed by atoms with van der Waals surface area (Å²) in [5.74, 6) is -1.95. The third-order valence-corrected chi connectivity index (χ3v) is 6.42. The molecule has 0 fully saturated rings. The lowest BCUT2D eigenvalue weighted by Gasteiger charge is -2.34. The van der Waals surface area contributed by atoms with Crippen LogP contribution in [0.25, 0.3) is 0 Å². The van der Waals surface area contributed by atoms with E-state index in [0.717, 1.165) is 12.0 Å². The fourth-order valence-corrected chi connectivity index (χ4v) is 3.79. The molecule has 2 aromatic rings. The highest BCUT2D eigenvalue weighted by Crippen LogP contribution is 2.29. The van der Waals surface area contributed by atoms with Gasteiger partial charge >= 0.3 is 5.97 Å². The zero-order valence-corrected chi connectivity index (χ0v) is 22.4. The third kappa shape index (κ3) is 7.48. The number of carboxylic acid groups (broad SMARTS) is 1. The van der Waals surface area contributed by atoms with Crippen molar-refractivity contribution in [3.8, 4) is 0 Å². The summed E-state index contributed by atoms with van der Waals surface area (Å²) in [5, 5.41) is 13.8. The quantitative estimate of drug-likeness (QED) is 0.396. The predicted octanol–water partition coefficient (Wildman–Crippen LogP) is 4.81. The zero-order chi connectivity index (χ0) is 27.3. The summed E-state index contributed by atoms with van der Waals surface area (Å²) in [4.78, 5) is 26.6. The topological polar surface area (TPSA) is 87.9 Å². The molecule has 9 heteroatoms. The largest absolute Gasteiger partial charge is 0.478 e. The lowest BCUT2D eigenvalue weighted by atomic mass is 9.99. The first-order chi connectivity index (χ1) is 16.7. The smallest absolute Gasteiger partial charge is 0.335 e. The highest BCUT2D eigenvalue weighted by Gasteiger charge is 2.29. The molecular weight excluding hydrogens is 463 g/mol. The van der Waals surface area contributed by atoms with Crippen LogP contribution < -0.4 is 4.90 Å². The molecule has 0 bridgehead atoms. The third-order valence-electron chi connectivity index (χ3n) is 6.42. The molecule has 1 amide bonds. The van der Waals surface area contributed by atoms with Gasteiger partial charge in [0.05, 0.1) is 34.9 Å². The molecule has 1 aromatic heterocycles. The number of rotatable bonds is 13. The van der Waals surface area contributed by atoms with Crippen LogP contribution in [0.15, 0.2) is 42.9 Å². The molecule has 0 aliphatic heterocycles. The Bertz CT molecular complexity index is 1060. The van der Waals surface area contributed by atoms with Crippen LogP contribution in [0, 0.1) is 0 Å². The number of carbonyl (C=O) groups excluding carboxylic acids is 1. The number of hydrogen-bond donors (Lipinski definition) is 1. The van der Waals surface area contributed by atoms with Crippen molar-refractivity contribution in [2.45, 2.75) is 64.6 Å². The van der Waals surface area contributed by atoms with Crippen LogP contribution in [0.1, 0.15) is 68.6 Å². The maximum atomic E-state index is 14.0. The van der Waals surface area contributed by atoms with Gasteiger partial charge in [-0.3, -0.25) is 9.48 Å². The van der Waals surface area contributed by atoms with Crippen molar-refractivity contribution in [3.63, 3.8) is 0 Å². The number of hydrogen-bond acceptors (Lipinski definition) is 5. The van der Waals surface area contributed by atoms with Gasteiger partial charge in [0.25, 0.3) is 0 Å². The van der Waals surface area contributed by atoms with Gasteiger partial charge in [0.2, 0.25) is 6.41 Å². The highest BCUT2D eigenvalue weighted by molar-refractivity contribution is 5.88. The summed E-state index contributed by atoms with van der Waals surface area (Å²) < 4.78 is 21.6. The van der Waals surface area contributed by atoms with Crippen molar-refractivity contribution >= 4 is 18.1 Å². The molecule has 2 unspecified atom stereocenters. The number of ether oxygens (including phenoxy) is 1. The van der Waals surface area contributed by atoms with Crippen molar-refractivity contribution in [1.29, 1.82) is 0 Å². The minimum absolute atomic E-state index is 0.153. The van der Waals surface area contributed by atoms with Crippen LogP contribution >= 0.6 is 0 Å². The molecule has 2 atom stereocenters. The van der Waals surface area contributed by atoms with Gasteiger partial charge in [-0.15, -0.1) is 0 Å². The van der Waals surface area contributed by atoms with E-state index in [1.165, 1.54) is 17.0 Å². The molecular formula is C27H39FN4O4. The molecule has 1 N–H and O–H groups in total. The second kappa shape index (κ2) is 11.8. The van der Waals surface area contributed by atoms with E-state index < -0.39 is 23.3 Å². The molecule has 8 nitrogen and oxygen atoms in total. The van der Waals surface area contributed by atoms with Gasteiger partial charge in [-0.2, -0.15) is 5.10 Å². The summed E-state index contributed by atoms with van der Waals surface area (Å²) in [6, 6.07) is 6.14. The van der Waals surface area contributed by atoms with Gasteiger partial charge in [0.15, 0.2) is 0 Å². The lowest BCUT2D eigenvalue weighted by Crippen LogP contribution is -2.44. The van der Waals surface area contributed by atoms with Crippen molar-refractivity contribution < 1.29 is 23.8 Å². The fourth-order valence-electron chi connectivity index (χ4n) is 3.79. The van der Waals surface area contributed by atoms with Crippen molar-refractivity contribution in [1.82, 2.24) is 14.7 Å². The van der Waals surface area contributed by atoms with Crippen LogP contribution in [0.2, 0.25) is 0 Å². The first-order valence-corrected chi connectivity index (χ1v) is 11.9. The van der Waals surface area contributed by atoms with E-state index >= 15 is 0 Å². The summed E-state index contributed by atoms with van der Waals surface area (Å²) >= 11 is 0. The molecule has 36 heavy (non-hydrogen) atoms. The Hall–Kier alpha value is -3.04. The Kier molecular flexibility index (Phi) is 9.57. The number of benzene rings is 1. The number of aromatic nitrogens is 2. The first-order valence-electron chi connectivity index (χ1n) is 11.9. The van der Waals surface area contributed by atoms with Gasteiger partial charge < -0.3 is 19.6 Å². The summed E-state index contributed by atoms with van der Waals surface area (Å²) in [6.07, 6.45) is 3.30. The Morgan fingerprint density at radius 2 is 1.89 bits per heavy atom. The van der Waals surface area contributed by atoms with Gasteiger partial charge in [0, 0.05) is 37.6 Å². The molecule has 0 radical (unpaired) electrons. The normalized spacial score (nSPS) is 14.4. The van der Waals surface area contributed by atoms with Gasteiger partial charge in [-0.1, -0.05) is 13.5 Å². The molecule has 1 heterocycles. The van der Waals surface area contributed by atoms with E-state index in [0.29, 0.717) is 37.4 Å². The Morgan fingerprint density at radius 3 is 2.36 bits per heavy atom. The second-order valence-corrected chi connectivity index (χ2v) is 10.6. The maximum Gasteiger partial charge on any atom is 0.335 e. The molecule has 1 aromatic carbocycles. The number of carboxylic acids is 1. The van der Waals surface area contributed by atoms with Crippen LogP contribution in [0.3, 0.4) is 0 Å². The Balaban J connectivity index is 2.12. The Morgan fingerprint density at radius 1 is 1.28 bits per heavy atom. The lowest BCUT2D eigenvalue weighted by molar-refractivity contribution is -0.108. The number of methoxy groups -OCH3 is 1. The van der Waals surface area contributed by atoms with E-state index in [1.807, 2.05) is 45.6 Å². The maximum absolute atomic E-state index is 14.0. The number of allylic oxidation sites excluding steroid dienone is 1. The molecule has 0 saturated heterocycles. The average molecular weight is 503 g/mol. The van der Waals surface area contributed by atoms with E-state index in [-0.39, 0.29) is 11.1 Å². The molecule has 0 aliphatic rings. The standard InChI is InChI=1S/C27H39FN4O4/c1-19(20(2)28)24-22(16-32(29-24)26(3,4)5)15-30(7)14-13-27(6,36-8)17-31(18-33)23-11-9-21(10-12-23)25(34)35/h9-12,16,18-19H,2,13-15,17H2,1,3-8H3,(H,34,35). The monoisotopic (exact) mass is 502 g/mol. The van der Waals surface area contributed by atoms with Crippen molar-refractivity contribution in [2.24, 2.45) is 0 Å². The molecule has 0 saturated carbocycles. The van der Waals surface area contributed by atoms with Crippen LogP contribution in [-0.4, -0.2) is 65.0 Å². The summed E-state index contributed by atoms with van der Waals surface area (Å²) in [6.45, 7) is 14.8. The van der Waals surface area contributed by atoms with Gasteiger partial charge in [-0.25, -0.2) is 9.18 Å². The second-order valence-electron chi connectivity index (χ2n) is 10.6. The minimum Gasteiger partial charge on any atom is -0.478 e. The van der Waals surface area contributed by atoms with E-state index in [4.69, 9.17) is 9.84 Å². The zero-order valence-electron chi connectivity index (χ0n) is 22.4. The molecule has 2 rings (SSSR count). The van der Waals surface area contributed by atoms with Crippen molar-refractivity contribution in [2.75, 3.05) is 32.1 Å². The van der Waals surface area contributed by atoms with E-state index in [9.17, 15) is 14.0 Å². The average Bonchev–Trinajstić information content (AvgIpc) is 3.25. The molecule has 0 spiro atoms. The number of aromatic carboxylic acids is 1. The summed E-state index contributed by atoms with van der Waals surface area (Å²) in [7, 11) is 3.59. The molecule has 198 valence electrons. The Labute approximate surface area is 213 Å². The predicted molar refractivity (Wildman–Crippen MR) is 139 cm³/mol. The van der Waals surface area contributed by atoms with Crippen LogP contribution in [-0.2, 0) is 21.6 Å². The van der Waals surface area contributed by atoms with E-state index in [2.05, 4.69) is 16.6 Å². The van der Waals surface area contributed by atoms with E-state index in [1.54, 1.807) is 26.2 Å². The van der Waals surface area contributed by atoms with Crippen LogP contribution in [0.5, 0.6) is 0 Å². The number of anilines is 1. The van der Waals surface area contributed by atoms with Gasteiger partial charge in [0.1, 0.15) is 5.83 Å². The number of nitrogens with zero attached hydrogens (tertiary/aromatic N) is 4. The highest BCUT2D eigenvalue weighted by atomic mass is 19.1. The summed E-state index contributed by atoms with van der Waals surface area (Å²) in [5.41, 5.74) is 1.46. The first kappa shape index (κ1) is 29.2. The van der Waals surface area contributed by atoms with Crippen molar-refractivity contribution in [3.05, 3.63) is 59.7 Å². The SMILES string of the molecule is C=C(F)C(C)c1nn(C(C)(C)C)cc1CN(C)CCC(C)(CN(C=O)c1ccc(C(=O)O)cc1)OC. The van der Waals surface area contributed by atoms with Crippen LogP contribution in [0.4, 0.5) is 10.1 Å². The van der Waals surface area contributed by atoms with Gasteiger partial charge in [-0.05, 0) is 65.4 Å². The number of carbonyl (C=O) groups is 2. The molecule has 0 aliphatic carbocycles. The number of amides is 1. The minimum atomic E-state index is -1.02. The number of halogens is 1. The fraction of sp³-hybridized carbons (Fsp3) is 0.519.